The second-order valence-corrected chi connectivity index (χ2v) is 14.0. The van der Waals surface area contributed by atoms with Crippen LogP contribution in [-0.2, 0) is 5.41 Å². The lowest BCUT2D eigenvalue weighted by atomic mass is 9.78. The maximum Gasteiger partial charge on any atom is 0.152 e. The predicted molar refractivity (Wildman–Crippen MR) is 205 cm³/mol. The zero-order valence-electron chi connectivity index (χ0n) is 28.3. The lowest BCUT2D eigenvalue weighted by molar-refractivity contribution is 0.477. The zero-order chi connectivity index (χ0) is 33.3. The van der Waals surface area contributed by atoms with E-state index in [0.29, 0.717) is 0 Å². The molecule has 0 unspecified atom stereocenters. The molecule has 0 bridgehead atoms. The van der Waals surface area contributed by atoms with E-state index in [-0.39, 0.29) is 5.41 Å². The molecule has 0 spiro atoms. The molecule has 0 saturated carbocycles. The molecule has 0 radical (unpaired) electrons. The van der Waals surface area contributed by atoms with E-state index in [2.05, 4.69) is 184 Å². The first-order chi connectivity index (χ1) is 23.8. The molecule has 7 aromatic rings. The number of rotatable bonds is 4. The van der Waals surface area contributed by atoms with Crippen LogP contribution < -0.4 is 9.64 Å². The third-order valence-corrected chi connectivity index (χ3v) is 10.3. The van der Waals surface area contributed by atoms with Gasteiger partial charge in [0.05, 0.1) is 11.4 Å². The number of aryl methyl sites for hydroxylation is 2. The van der Waals surface area contributed by atoms with E-state index in [1.54, 1.807) is 0 Å². The molecular weight excluding hydrogens is 595 g/mol. The Kier molecular flexibility index (Phi) is 6.64. The molecule has 2 nitrogen and oxygen atoms in total. The molecule has 0 atom stereocenters. The van der Waals surface area contributed by atoms with E-state index < -0.39 is 0 Å². The van der Waals surface area contributed by atoms with Crippen molar-refractivity contribution in [1.29, 1.82) is 0 Å². The monoisotopic (exact) mass is 631 g/mol. The first-order valence-electron chi connectivity index (χ1n) is 17.1. The van der Waals surface area contributed by atoms with Crippen molar-refractivity contribution in [3.8, 4) is 56.0 Å². The summed E-state index contributed by atoms with van der Waals surface area (Å²) in [5.41, 5.74) is 18.3. The summed E-state index contributed by atoms with van der Waals surface area (Å²) >= 11 is 0. The molecule has 2 heteroatoms. The number of benzene rings is 7. The highest BCUT2D eigenvalue weighted by molar-refractivity contribution is 5.92. The SMILES string of the molecule is Cc1ccc2c(c1)-c1cc(C)cc(-c3ccc(N4c5ccc(-c6ccccc6)cc5Oc5cc(-c6ccccc6)ccc54)cc3)c1C2(C)C. The summed E-state index contributed by atoms with van der Waals surface area (Å²) in [4.78, 5) is 2.34. The summed E-state index contributed by atoms with van der Waals surface area (Å²) in [6.45, 7) is 9.14. The third-order valence-electron chi connectivity index (χ3n) is 10.3. The van der Waals surface area contributed by atoms with Crippen LogP contribution in [0.1, 0.15) is 36.1 Å². The predicted octanol–water partition coefficient (Wildman–Crippen LogP) is 13.2. The summed E-state index contributed by atoms with van der Waals surface area (Å²) < 4.78 is 6.73. The highest BCUT2D eigenvalue weighted by Crippen LogP contribution is 2.55. The van der Waals surface area contributed by atoms with Crippen LogP contribution in [0.15, 0.2) is 152 Å². The van der Waals surface area contributed by atoms with Gasteiger partial charge < -0.3 is 9.64 Å². The van der Waals surface area contributed by atoms with Gasteiger partial charge in [0.2, 0.25) is 0 Å². The van der Waals surface area contributed by atoms with Gasteiger partial charge in [-0.15, -0.1) is 0 Å². The number of nitrogens with zero attached hydrogens (tertiary/aromatic N) is 1. The van der Waals surface area contributed by atoms with Crippen LogP contribution in [0.25, 0.3) is 44.5 Å². The summed E-state index contributed by atoms with van der Waals surface area (Å²) in [5.74, 6) is 1.68. The van der Waals surface area contributed by atoms with Crippen LogP contribution in [0.2, 0.25) is 0 Å². The molecule has 236 valence electrons. The van der Waals surface area contributed by atoms with Crippen LogP contribution in [0.3, 0.4) is 0 Å². The Hall–Kier alpha value is -5.86. The molecule has 0 aromatic heterocycles. The maximum atomic E-state index is 6.73. The van der Waals surface area contributed by atoms with E-state index in [1.807, 2.05) is 0 Å². The van der Waals surface area contributed by atoms with E-state index >= 15 is 0 Å². The number of hydrogen-bond acceptors (Lipinski definition) is 2. The fourth-order valence-corrected chi connectivity index (χ4v) is 7.96. The molecule has 2 aliphatic rings. The van der Waals surface area contributed by atoms with Gasteiger partial charge in [0.25, 0.3) is 0 Å². The van der Waals surface area contributed by atoms with Gasteiger partial charge in [-0.05, 0) is 111 Å². The Morgan fingerprint density at radius 2 is 0.980 bits per heavy atom. The standard InChI is InChI=1S/C47H37NO/c1-30-15-22-41-39(25-30)40-27-31(2)26-38(46(40)47(41,3)4)34-16-20-37(21-17-34)48-42-23-18-35(32-11-7-5-8-12-32)28-44(42)49-45-29-36(19-24-43(45)48)33-13-9-6-10-14-33/h5-29H,1-4H3. The largest absolute Gasteiger partial charge is 0.453 e. The van der Waals surface area contributed by atoms with Crippen molar-refractivity contribution in [3.63, 3.8) is 0 Å². The lowest BCUT2D eigenvalue weighted by Gasteiger charge is -2.33. The van der Waals surface area contributed by atoms with Crippen molar-refractivity contribution in [3.05, 3.63) is 174 Å². The molecule has 1 aliphatic heterocycles. The van der Waals surface area contributed by atoms with Gasteiger partial charge >= 0.3 is 0 Å². The summed E-state index contributed by atoms with van der Waals surface area (Å²) in [7, 11) is 0. The summed E-state index contributed by atoms with van der Waals surface area (Å²) in [6.07, 6.45) is 0. The van der Waals surface area contributed by atoms with Crippen molar-refractivity contribution in [2.75, 3.05) is 4.90 Å². The fourth-order valence-electron chi connectivity index (χ4n) is 7.96. The lowest BCUT2D eigenvalue weighted by Crippen LogP contribution is -2.17. The summed E-state index contributed by atoms with van der Waals surface area (Å²) in [5, 5.41) is 0. The van der Waals surface area contributed by atoms with Crippen molar-refractivity contribution in [2.45, 2.75) is 33.1 Å². The van der Waals surface area contributed by atoms with Crippen molar-refractivity contribution in [2.24, 2.45) is 0 Å². The highest BCUT2D eigenvalue weighted by atomic mass is 16.5. The van der Waals surface area contributed by atoms with E-state index in [0.717, 1.165) is 39.7 Å². The molecule has 49 heavy (non-hydrogen) atoms. The van der Waals surface area contributed by atoms with Crippen molar-refractivity contribution < 1.29 is 4.74 Å². The van der Waals surface area contributed by atoms with Crippen LogP contribution in [0.5, 0.6) is 11.5 Å². The second-order valence-electron chi connectivity index (χ2n) is 14.0. The number of fused-ring (bicyclic) bond motifs is 5. The first kappa shape index (κ1) is 29.3. The van der Waals surface area contributed by atoms with Crippen molar-refractivity contribution >= 4 is 17.1 Å². The molecule has 1 heterocycles. The number of hydrogen-bond donors (Lipinski definition) is 0. The molecule has 0 saturated heterocycles. The zero-order valence-corrected chi connectivity index (χ0v) is 28.3. The van der Waals surface area contributed by atoms with Gasteiger partial charge in [0.15, 0.2) is 11.5 Å². The Labute approximate surface area is 288 Å². The molecule has 1 aliphatic carbocycles. The van der Waals surface area contributed by atoms with E-state index in [1.165, 1.54) is 55.6 Å². The van der Waals surface area contributed by atoms with E-state index in [9.17, 15) is 0 Å². The maximum absolute atomic E-state index is 6.73. The van der Waals surface area contributed by atoms with Gasteiger partial charge in [0, 0.05) is 11.1 Å². The van der Waals surface area contributed by atoms with Crippen molar-refractivity contribution in [1.82, 2.24) is 0 Å². The van der Waals surface area contributed by atoms with Gasteiger partial charge in [-0.3, -0.25) is 0 Å². The summed E-state index contributed by atoms with van der Waals surface area (Å²) in [6, 6.07) is 54.9. The Morgan fingerprint density at radius 1 is 0.449 bits per heavy atom. The fraction of sp³-hybridized carbons (Fsp3) is 0.106. The van der Waals surface area contributed by atoms with Crippen LogP contribution >= 0.6 is 0 Å². The average Bonchev–Trinajstić information content (AvgIpc) is 3.35. The Bertz CT molecular complexity index is 2300. The Morgan fingerprint density at radius 3 is 1.57 bits per heavy atom. The molecule has 0 amide bonds. The smallest absolute Gasteiger partial charge is 0.152 e. The van der Waals surface area contributed by atoms with Crippen LogP contribution in [0, 0.1) is 13.8 Å². The quantitative estimate of drug-likeness (QED) is 0.192. The van der Waals surface area contributed by atoms with Gasteiger partial charge in [-0.25, -0.2) is 0 Å². The molecule has 0 N–H and O–H groups in total. The molecule has 9 rings (SSSR count). The highest BCUT2D eigenvalue weighted by Gasteiger charge is 2.38. The average molecular weight is 632 g/mol. The van der Waals surface area contributed by atoms with Gasteiger partial charge in [-0.1, -0.05) is 135 Å². The minimum atomic E-state index is -0.0882. The van der Waals surface area contributed by atoms with Gasteiger partial charge in [-0.2, -0.15) is 0 Å². The number of ether oxygens (including phenoxy) is 1. The number of anilines is 3. The van der Waals surface area contributed by atoms with E-state index in [4.69, 9.17) is 4.74 Å². The first-order valence-corrected chi connectivity index (χ1v) is 17.1. The Balaban J connectivity index is 1.17. The molecule has 0 fully saturated rings. The topological polar surface area (TPSA) is 12.5 Å². The minimum absolute atomic E-state index is 0.0882. The molecular formula is C47H37NO. The van der Waals surface area contributed by atoms with Crippen LogP contribution in [0.4, 0.5) is 17.1 Å². The minimum Gasteiger partial charge on any atom is -0.453 e. The third kappa shape index (κ3) is 4.78. The molecule has 7 aromatic carbocycles. The van der Waals surface area contributed by atoms with Gasteiger partial charge in [0.1, 0.15) is 0 Å². The second kappa shape index (κ2) is 11.1. The normalized spacial score (nSPS) is 13.6. The van der Waals surface area contributed by atoms with Crippen LogP contribution in [-0.4, -0.2) is 0 Å².